The summed E-state index contributed by atoms with van der Waals surface area (Å²) >= 11 is 0. The first-order valence-electron chi connectivity index (χ1n) is 17.9. The Kier molecular flexibility index (Phi) is 7.07. The molecule has 0 spiro atoms. The van der Waals surface area contributed by atoms with Gasteiger partial charge in [-0.1, -0.05) is 158 Å². The highest BCUT2D eigenvalue weighted by molar-refractivity contribution is 5.91. The molecule has 1 atom stereocenters. The molecule has 0 bridgehead atoms. The lowest BCUT2D eigenvalue weighted by Crippen LogP contribution is -2.28. The number of hydrogen-bond acceptors (Lipinski definition) is 1. The van der Waals surface area contributed by atoms with Crippen molar-refractivity contribution in [2.24, 2.45) is 0 Å². The Hall–Kier alpha value is -6.77. The summed E-state index contributed by atoms with van der Waals surface area (Å²) in [5.41, 5.74) is 16.0. The molecule has 9 aromatic rings. The average Bonchev–Trinajstić information content (AvgIpc) is 3.76. The second-order valence-corrected chi connectivity index (χ2v) is 13.5. The quantitative estimate of drug-likeness (QED) is 0.173. The molecule has 0 saturated carbocycles. The summed E-state index contributed by atoms with van der Waals surface area (Å²) in [5.74, 6) is 0.933. The molecule has 0 amide bonds. The van der Waals surface area contributed by atoms with Crippen molar-refractivity contribution >= 4 is 11.0 Å². The van der Waals surface area contributed by atoms with Crippen molar-refractivity contribution in [3.05, 3.63) is 229 Å². The second kappa shape index (κ2) is 12.2. The summed E-state index contributed by atoms with van der Waals surface area (Å²) in [6.45, 7) is 0. The molecule has 52 heavy (non-hydrogen) atoms. The minimum atomic E-state index is -0.556. The van der Waals surface area contributed by atoms with Crippen LogP contribution in [0.4, 0.5) is 0 Å². The Bertz CT molecular complexity index is 2650. The van der Waals surface area contributed by atoms with Gasteiger partial charge in [-0.05, 0) is 104 Å². The van der Waals surface area contributed by atoms with Crippen LogP contribution in [0.15, 0.2) is 206 Å². The Morgan fingerprint density at radius 2 is 0.923 bits per heavy atom. The fraction of sp³-hybridized carbons (Fsp3) is 0.0200. The number of para-hydroxylation sites is 3. The highest BCUT2D eigenvalue weighted by atomic mass is 15.1. The Labute approximate surface area is 304 Å². The van der Waals surface area contributed by atoms with Crippen molar-refractivity contribution in [3.8, 4) is 50.5 Å². The highest BCUT2D eigenvalue weighted by Crippen LogP contribution is 2.57. The van der Waals surface area contributed by atoms with Crippen molar-refractivity contribution in [2.45, 2.75) is 5.41 Å². The first-order chi connectivity index (χ1) is 25.8. The van der Waals surface area contributed by atoms with E-state index in [1.807, 2.05) is 0 Å². The third-order valence-electron chi connectivity index (χ3n) is 10.7. The first-order valence-corrected chi connectivity index (χ1v) is 17.9. The molecule has 2 heteroatoms. The summed E-state index contributed by atoms with van der Waals surface area (Å²) in [4.78, 5) is 5.25. The number of aromatic nitrogens is 2. The fourth-order valence-electron chi connectivity index (χ4n) is 8.40. The predicted octanol–water partition coefficient (Wildman–Crippen LogP) is 12.4. The monoisotopic (exact) mass is 662 g/mol. The minimum Gasteiger partial charge on any atom is -0.292 e. The van der Waals surface area contributed by atoms with Crippen LogP contribution in [0.25, 0.3) is 61.5 Å². The van der Waals surface area contributed by atoms with Gasteiger partial charge in [0, 0.05) is 11.3 Å². The molecule has 0 aliphatic heterocycles. The van der Waals surface area contributed by atoms with Crippen LogP contribution in [0.1, 0.15) is 22.3 Å². The Morgan fingerprint density at radius 3 is 1.62 bits per heavy atom. The molecule has 0 fully saturated rings. The molecule has 10 rings (SSSR count). The molecule has 1 aliphatic rings. The van der Waals surface area contributed by atoms with Gasteiger partial charge in [0.15, 0.2) is 0 Å². The van der Waals surface area contributed by atoms with E-state index < -0.39 is 5.41 Å². The van der Waals surface area contributed by atoms with Crippen LogP contribution in [0.3, 0.4) is 0 Å². The maximum absolute atomic E-state index is 5.25. The van der Waals surface area contributed by atoms with E-state index in [1.165, 1.54) is 55.6 Å². The topological polar surface area (TPSA) is 17.8 Å². The van der Waals surface area contributed by atoms with E-state index in [-0.39, 0.29) is 0 Å². The van der Waals surface area contributed by atoms with Crippen LogP contribution in [0.2, 0.25) is 0 Å². The zero-order valence-corrected chi connectivity index (χ0v) is 28.5. The van der Waals surface area contributed by atoms with E-state index in [0.717, 1.165) is 28.1 Å². The van der Waals surface area contributed by atoms with Gasteiger partial charge in [0.1, 0.15) is 5.82 Å². The molecule has 1 aliphatic carbocycles. The van der Waals surface area contributed by atoms with E-state index in [0.29, 0.717) is 0 Å². The normalized spacial score (nSPS) is 14.6. The number of rotatable bonds is 6. The van der Waals surface area contributed by atoms with Crippen LogP contribution < -0.4 is 0 Å². The van der Waals surface area contributed by atoms with Crippen molar-refractivity contribution in [3.63, 3.8) is 0 Å². The van der Waals surface area contributed by atoms with Gasteiger partial charge in [0.05, 0.1) is 16.4 Å². The maximum atomic E-state index is 5.25. The van der Waals surface area contributed by atoms with Crippen LogP contribution >= 0.6 is 0 Å². The summed E-state index contributed by atoms with van der Waals surface area (Å²) in [6.07, 6.45) is 0. The number of hydrogen-bond donors (Lipinski definition) is 0. The predicted molar refractivity (Wildman–Crippen MR) is 215 cm³/mol. The summed E-state index contributed by atoms with van der Waals surface area (Å²) < 4.78 is 2.29. The lowest BCUT2D eigenvalue weighted by Gasteiger charge is -2.34. The zero-order valence-electron chi connectivity index (χ0n) is 28.5. The molecule has 8 aromatic carbocycles. The van der Waals surface area contributed by atoms with Crippen molar-refractivity contribution < 1.29 is 0 Å². The van der Waals surface area contributed by atoms with Crippen molar-refractivity contribution in [2.75, 3.05) is 0 Å². The van der Waals surface area contributed by atoms with Crippen LogP contribution in [-0.2, 0) is 5.41 Å². The number of nitrogens with zero attached hydrogens (tertiary/aromatic N) is 2. The SMILES string of the molecule is c1ccc(-c2cc(-c3ccccc3)cc(C3(c4ccccc4)c4ccccc4-c4cc(-c5nc6ccccc6n5-c5ccccc5)ccc43)c2)cc1. The van der Waals surface area contributed by atoms with E-state index in [1.54, 1.807) is 0 Å². The average molecular weight is 663 g/mol. The maximum Gasteiger partial charge on any atom is 0.145 e. The number of fused-ring (bicyclic) bond motifs is 4. The third-order valence-corrected chi connectivity index (χ3v) is 10.7. The first kappa shape index (κ1) is 30.1. The third kappa shape index (κ3) is 4.69. The standard InChI is InChI=1S/C50H34N2/c1-5-17-35(18-6-1)38-31-39(36-19-7-2-8-20-36)33-41(32-38)50(40-21-9-3-10-22-40)45-26-14-13-25-43(45)44-34-37(29-30-46(44)50)49-51-47-27-15-16-28-48(47)52(49)42-23-11-4-12-24-42/h1-34H. The fourth-order valence-corrected chi connectivity index (χ4v) is 8.40. The largest absolute Gasteiger partial charge is 0.292 e. The minimum absolute atomic E-state index is 0.556. The molecule has 1 unspecified atom stereocenters. The van der Waals surface area contributed by atoms with E-state index in [4.69, 9.17) is 4.98 Å². The van der Waals surface area contributed by atoms with Crippen LogP contribution in [-0.4, -0.2) is 9.55 Å². The number of benzene rings is 8. The smallest absolute Gasteiger partial charge is 0.145 e. The van der Waals surface area contributed by atoms with Crippen molar-refractivity contribution in [1.82, 2.24) is 9.55 Å². The lowest BCUT2D eigenvalue weighted by molar-refractivity contribution is 0.769. The molecule has 0 saturated heterocycles. The van der Waals surface area contributed by atoms with Crippen LogP contribution in [0, 0.1) is 0 Å². The van der Waals surface area contributed by atoms with Gasteiger partial charge < -0.3 is 0 Å². The Morgan fingerprint density at radius 1 is 0.365 bits per heavy atom. The van der Waals surface area contributed by atoms with E-state index in [2.05, 4.69) is 211 Å². The van der Waals surface area contributed by atoms with E-state index in [9.17, 15) is 0 Å². The summed E-state index contributed by atoms with van der Waals surface area (Å²) in [7, 11) is 0. The lowest BCUT2D eigenvalue weighted by atomic mass is 9.67. The second-order valence-electron chi connectivity index (χ2n) is 13.5. The zero-order chi connectivity index (χ0) is 34.5. The summed E-state index contributed by atoms with van der Waals surface area (Å²) in [6, 6.07) is 74.8. The molecule has 0 radical (unpaired) electrons. The molecule has 0 N–H and O–H groups in total. The molecule has 244 valence electrons. The summed E-state index contributed by atoms with van der Waals surface area (Å²) in [5, 5.41) is 0. The molecule has 1 heterocycles. The van der Waals surface area contributed by atoms with Gasteiger partial charge in [0.25, 0.3) is 0 Å². The van der Waals surface area contributed by atoms with Crippen molar-refractivity contribution in [1.29, 1.82) is 0 Å². The molecule has 1 aromatic heterocycles. The Balaban J connectivity index is 1.27. The van der Waals surface area contributed by atoms with Gasteiger partial charge >= 0.3 is 0 Å². The molecular formula is C50H34N2. The highest BCUT2D eigenvalue weighted by Gasteiger charge is 2.46. The molecular weight excluding hydrogens is 629 g/mol. The van der Waals surface area contributed by atoms with Gasteiger partial charge in [-0.15, -0.1) is 0 Å². The van der Waals surface area contributed by atoms with Gasteiger partial charge in [-0.3, -0.25) is 4.57 Å². The van der Waals surface area contributed by atoms with Crippen LogP contribution in [0.5, 0.6) is 0 Å². The van der Waals surface area contributed by atoms with Gasteiger partial charge in [0.2, 0.25) is 0 Å². The van der Waals surface area contributed by atoms with Gasteiger partial charge in [-0.2, -0.15) is 0 Å². The van der Waals surface area contributed by atoms with Gasteiger partial charge in [-0.25, -0.2) is 4.98 Å². The molecule has 2 nitrogen and oxygen atoms in total. The number of imidazole rings is 1. The van der Waals surface area contributed by atoms with E-state index >= 15 is 0 Å².